The van der Waals surface area contributed by atoms with Gasteiger partial charge in [0.15, 0.2) is 0 Å². The van der Waals surface area contributed by atoms with Crippen molar-refractivity contribution in [2.75, 3.05) is 12.8 Å². The maximum atomic E-state index is 11.5. The Morgan fingerprint density at radius 1 is 1.24 bits per heavy atom. The molecule has 0 spiro atoms. The van der Waals surface area contributed by atoms with Gasteiger partial charge in [0.2, 0.25) is 0 Å². The first-order valence-corrected chi connectivity index (χ1v) is 8.19. The lowest BCUT2D eigenvalue weighted by atomic mass is 10.1. The number of nitrogens with two attached hydrogens (primary N) is 1. The predicted octanol–water partition coefficient (Wildman–Crippen LogP) is 4.04. The van der Waals surface area contributed by atoms with Crippen LogP contribution in [0.2, 0.25) is 0 Å². The summed E-state index contributed by atoms with van der Waals surface area (Å²) in [5.41, 5.74) is 8.85. The van der Waals surface area contributed by atoms with Crippen LogP contribution >= 0.6 is 27.7 Å². The van der Waals surface area contributed by atoms with E-state index in [1.165, 1.54) is 7.11 Å². The average molecular weight is 366 g/mol. The number of methoxy groups -OCH3 is 1. The number of nitrogen functional groups attached to an aromatic ring is 1. The lowest BCUT2D eigenvalue weighted by Crippen LogP contribution is -2.06. The Balaban J connectivity index is 2.13. The second-order valence-corrected chi connectivity index (χ2v) is 6.43. The second kappa shape index (κ2) is 7.52. The lowest BCUT2D eigenvalue weighted by molar-refractivity contribution is -0.139. The molecular weight excluding hydrogens is 350 g/mol. The summed E-state index contributed by atoms with van der Waals surface area (Å²) < 4.78 is 5.74. The van der Waals surface area contributed by atoms with Gasteiger partial charge < -0.3 is 10.5 Å². The number of anilines is 1. The molecule has 0 bridgehead atoms. The molecule has 0 amide bonds. The minimum Gasteiger partial charge on any atom is -0.469 e. The first-order valence-electron chi connectivity index (χ1n) is 6.41. The Hall–Kier alpha value is -1.46. The summed E-state index contributed by atoms with van der Waals surface area (Å²) in [7, 11) is 1.40. The van der Waals surface area contributed by atoms with Gasteiger partial charge in [-0.2, -0.15) is 0 Å². The molecule has 2 rings (SSSR count). The summed E-state index contributed by atoms with van der Waals surface area (Å²) in [6, 6.07) is 13.7. The van der Waals surface area contributed by atoms with E-state index in [0.29, 0.717) is 6.42 Å². The van der Waals surface area contributed by atoms with E-state index >= 15 is 0 Å². The highest BCUT2D eigenvalue weighted by atomic mass is 79.9. The Bertz CT molecular complexity index is 646. The summed E-state index contributed by atoms with van der Waals surface area (Å²) in [5, 5.41) is 0. The fraction of sp³-hybridized carbons (Fsp3) is 0.188. The Kier molecular flexibility index (Phi) is 5.70. The number of benzene rings is 2. The minimum atomic E-state index is -0.227. The number of thioether (sulfide) groups is 1. The Morgan fingerprint density at radius 2 is 1.95 bits per heavy atom. The maximum absolute atomic E-state index is 11.5. The molecule has 0 fully saturated rings. The van der Waals surface area contributed by atoms with Crippen molar-refractivity contribution >= 4 is 39.3 Å². The van der Waals surface area contributed by atoms with Crippen LogP contribution in [0.25, 0.3) is 0 Å². The van der Waals surface area contributed by atoms with Crippen molar-refractivity contribution in [3.8, 4) is 0 Å². The monoisotopic (exact) mass is 365 g/mol. The largest absolute Gasteiger partial charge is 0.469 e. The van der Waals surface area contributed by atoms with Gasteiger partial charge in [-0.25, -0.2) is 0 Å². The standard InChI is InChI=1S/C16H16BrNO2S/c1-20-16(19)8-11-4-2-3-5-12(11)10-21-15-9-13(17)6-7-14(15)18/h2-7,9H,8,10,18H2,1H3. The van der Waals surface area contributed by atoms with Crippen LogP contribution in [0.15, 0.2) is 51.8 Å². The van der Waals surface area contributed by atoms with Crippen molar-refractivity contribution in [3.63, 3.8) is 0 Å². The Labute approximate surface area is 137 Å². The molecule has 2 aromatic rings. The van der Waals surface area contributed by atoms with Crippen molar-refractivity contribution in [2.45, 2.75) is 17.1 Å². The molecule has 0 saturated heterocycles. The normalized spacial score (nSPS) is 10.4. The topological polar surface area (TPSA) is 52.3 Å². The smallest absolute Gasteiger partial charge is 0.309 e. The zero-order valence-corrected chi connectivity index (χ0v) is 14.0. The lowest BCUT2D eigenvalue weighted by Gasteiger charge is -2.10. The molecular formula is C16H16BrNO2S. The predicted molar refractivity (Wildman–Crippen MR) is 90.3 cm³/mol. The van der Waals surface area contributed by atoms with Gasteiger partial charge in [-0.3, -0.25) is 4.79 Å². The SMILES string of the molecule is COC(=O)Cc1ccccc1CSc1cc(Br)ccc1N. The van der Waals surface area contributed by atoms with Crippen molar-refractivity contribution in [2.24, 2.45) is 0 Å². The van der Waals surface area contributed by atoms with Gasteiger partial charge in [-0.1, -0.05) is 40.2 Å². The van der Waals surface area contributed by atoms with E-state index < -0.39 is 0 Å². The first-order chi connectivity index (χ1) is 10.1. The molecule has 0 heterocycles. The molecule has 0 atom stereocenters. The third kappa shape index (κ3) is 4.51. The number of ether oxygens (including phenoxy) is 1. The summed E-state index contributed by atoms with van der Waals surface area (Å²) in [5.74, 6) is 0.530. The molecule has 0 aromatic heterocycles. The third-order valence-electron chi connectivity index (χ3n) is 3.04. The van der Waals surface area contributed by atoms with Gasteiger partial charge in [0.25, 0.3) is 0 Å². The fourth-order valence-electron chi connectivity index (χ4n) is 1.89. The molecule has 0 unspecified atom stereocenters. The van der Waals surface area contributed by atoms with E-state index in [1.807, 2.05) is 42.5 Å². The van der Waals surface area contributed by atoms with Crippen LogP contribution < -0.4 is 5.73 Å². The molecule has 0 aliphatic carbocycles. The summed E-state index contributed by atoms with van der Waals surface area (Å²) in [6.45, 7) is 0. The zero-order valence-electron chi connectivity index (χ0n) is 11.6. The number of carbonyl (C=O) groups is 1. The van der Waals surface area contributed by atoms with E-state index in [1.54, 1.807) is 11.8 Å². The number of hydrogen-bond donors (Lipinski definition) is 1. The van der Waals surface area contributed by atoms with E-state index in [9.17, 15) is 4.79 Å². The molecule has 110 valence electrons. The summed E-state index contributed by atoms with van der Waals surface area (Å²) >= 11 is 5.11. The van der Waals surface area contributed by atoms with Crippen LogP contribution in [0.4, 0.5) is 5.69 Å². The molecule has 5 heteroatoms. The van der Waals surface area contributed by atoms with E-state index in [4.69, 9.17) is 10.5 Å². The van der Waals surface area contributed by atoms with Crippen LogP contribution in [-0.2, 0) is 21.7 Å². The van der Waals surface area contributed by atoms with Crippen LogP contribution in [0.5, 0.6) is 0 Å². The van der Waals surface area contributed by atoms with Gasteiger partial charge >= 0.3 is 5.97 Å². The number of carbonyl (C=O) groups excluding carboxylic acids is 1. The van der Waals surface area contributed by atoms with Gasteiger partial charge in [-0.05, 0) is 29.3 Å². The summed E-state index contributed by atoms with van der Waals surface area (Å²) in [4.78, 5) is 12.5. The van der Waals surface area contributed by atoms with Gasteiger partial charge in [0.05, 0.1) is 13.5 Å². The van der Waals surface area contributed by atoms with Gasteiger partial charge in [-0.15, -0.1) is 11.8 Å². The molecule has 0 aliphatic heterocycles. The van der Waals surface area contributed by atoms with E-state index in [2.05, 4.69) is 15.9 Å². The number of hydrogen-bond acceptors (Lipinski definition) is 4. The molecule has 2 N–H and O–H groups in total. The molecule has 21 heavy (non-hydrogen) atoms. The third-order valence-corrected chi connectivity index (χ3v) is 4.65. The van der Waals surface area contributed by atoms with E-state index in [0.717, 1.165) is 31.9 Å². The van der Waals surface area contributed by atoms with Crippen LogP contribution in [0, 0.1) is 0 Å². The van der Waals surface area contributed by atoms with Crippen molar-refractivity contribution in [1.82, 2.24) is 0 Å². The minimum absolute atomic E-state index is 0.227. The van der Waals surface area contributed by atoms with Crippen molar-refractivity contribution in [3.05, 3.63) is 58.1 Å². The first kappa shape index (κ1) is 15.9. The second-order valence-electron chi connectivity index (χ2n) is 4.49. The van der Waals surface area contributed by atoms with E-state index in [-0.39, 0.29) is 5.97 Å². The van der Waals surface area contributed by atoms with Crippen LogP contribution in [-0.4, -0.2) is 13.1 Å². The highest BCUT2D eigenvalue weighted by molar-refractivity contribution is 9.10. The maximum Gasteiger partial charge on any atom is 0.309 e. The summed E-state index contributed by atoms with van der Waals surface area (Å²) in [6.07, 6.45) is 0.293. The average Bonchev–Trinajstić information content (AvgIpc) is 2.49. The highest BCUT2D eigenvalue weighted by Crippen LogP contribution is 2.31. The molecule has 0 radical (unpaired) electrons. The number of esters is 1. The molecule has 0 aliphatic rings. The van der Waals surface area contributed by atoms with Gasteiger partial charge in [0, 0.05) is 20.8 Å². The molecule has 3 nitrogen and oxygen atoms in total. The molecule has 0 saturated carbocycles. The quantitative estimate of drug-likeness (QED) is 0.493. The zero-order chi connectivity index (χ0) is 15.2. The molecule has 2 aromatic carbocycles. The van der Waals surface area contributed by atoms with Crippen LogP contribution in [0.3, 0.4) is 0 Å². The fourth-order valence-corrected chi connectivity index (χ4v) is 3.44. The highest BCUT2D eigenvalue weighted by Gasteiger charge is 2.09. The van der Waals surface area contributed by atoms with Crippen molar-refractivity contribution in [1.29, 1.82) is 0 Å². The van der Waals surface area contributed by atoms with Gasteiger partial charge in [0.1, 0.15) is 0 Å². The van der Waals surface area contributed by atoms with Crippen molar-refractivity contribution < 1.29 is 9.53 Å². The van der Waals surface area contributed by atoms with Crippen LogP contribution in [0.1, 0.15) is 11.1 Å². The number of halogens is 1. The number of rotatable bonds is 5. The Morgan fingerprint density at radius 3 is 2.67 bits per heavy atom.